The van der Waals surface area contributed by atoms with Gasteiger partial charge in [-0.15, -0.1) is 10.2 Å². The van der Waals surface area contributed by atoms with Crippen molar-refractivity contribution >= 4 is 27.9 Å². The quantitative estimate of drug-likeness (QED) is 0.779. The molecular formula is C15H16FN5OS. The number of para-hydroxylation sites is 1. The Hall–Kier alpha value is -2.35. The minimum Gasteiger partial charge on any atom is -0.324 e. The molecule has 0 bridgehead atoms. The number of carbonyl (C=O) groups is 1. The largest absolute Gasteiger partial charge is 0.324 e. The number of amides is 1. The van der Waals surface area contributed by atoms with Gasteiger partial charge in [-0.25, -0.2) is 4.39 Å². The van der Waals surface area contributed by atoms with Crippen molar-refractivity contribution in [2.24, 2.45) is 0 Å². The van der Waals surface area contributed by atoms with Crippen molar-refractivity contribution in [1.82, 2.24) is 19.8 Å². The molecule has 0 saturated carbocycles. The number of aromatic nitrogens is 4. The van der Waals surface area contributed by atoms with Crippen molar-refractivity contribution in [1.29, 1.82) is 0 Å². The second kappa shape index (κ2) is 6.41. The molecule has 0 unspecified atom stereocenters. The first-order valence-corrected chi connectivity index (χ1v) is 8.11. The van der Waals surface area contributed by atoms with Gasteiger partial charge in [-0.3, -0.25) is 4.79 Å². The maximum absolute atomic E-state index is 13.5. The Labute approximate surface area is 136 Å². The molecule has 3 aromatic rings. The summed E-state index contributed by atoms with van der Waals surface area (Å²) in [6, 6.07) is 6.10. The maximum Gasteiger partial charge on any atom is 0.234 e. The summed E-state index contributed by atoms with van der Waals surface area (Å²) < 4.78 is 15.2. The molecule has 2 heterocycles. The summed E-state index contributed by atoms with van der Waals surface area (Å²) in [7, 11) is 0. The summed E-state index contributed by atoms with van der Waals surface area (Å²) in [6.45, 7) is 4.05. The highest BCUT2D eigenvalue weighted by Gasteiger charge is 2.15. The van der Waals surface area contributed by atoms with E-state index in [4.69, 9.17) is 0 Å². The van der Waals surface area contributed by atoms with Crippen LogP contribution in [0.15, 0.2) is 24.3 Å². The molecule has 0 fully saturated rings. The third-order valence-electron chi connectivity index (χ3n) is 3.29. The molecule has 1 aromatic carbocycles. The van der Waals surface area contributed by atoms with E-state index in [2.05, 4.69) is 20.6 Å². The van der Waals surface area contributed by atoms with Crippen LogP contribution < -0.4 is 5.32 Å². The molecule has 120 valence electrons. The lowest BCUT2D eigenvalue weighted by Gasteiger charge is -2.05. The molecule has 3 rings (SSSR count). The van der Waals surface area contributed by atoms with Crippen molar-refractivity contribution in [3.05, 3.63) is 40.9 Å². The number of rotatable bonds is 5. The van der Waals surface area contributed by atoms with Crippen LogP contribution in [0.25, 0.3) is 4.96 Å². The lowest BCUT2D eigenvalue weighted by Crippen LogP contribution is -2.13. The molecule has 1 N–H and O–H groups in total. The van der Waals surface area contributed by atoms with E-state index in [9.17, 15) is 9.18 Å². The number of benzene rings is 1. The molecule has 0 aliphatic heterocycles. The molecule has 0 radical (unpaired) electrons. The summed E-state index contributed by atoms with van der Waals surface area (Å²) in [6.07, 6.45) is 0.710. The second-order valence-electron chi connectivity index (χ2n) is 5.43. The van der Waals surface area contributed by atoms with Crippen LogP contribution in [0.3, 0.4) is 0 Å². The van der Waals surface area contributed by atoms with Gasteiger partial charge >= 0.3 is 0 Å². The highest BCUT2D eigenvalue weighted by molar-refractivity contribution is 7.16. The molecule has 0 spiro atoms. The minimum atomic E-state index is -0.443. The number of aryl methyl sites for hydroxylation is 1. The molecule has 6 nitrogen and oxygen atoms in total. The third kappa shape index (κ3) is 3.37. The first-order chi connectivity index (χ1) is 11.0. The lowest BCUT2D eigenvalue weighted by molar-refractivity contribution is -0.116. The van der Waals surface area contributed by atoms with Gasteiger partial charge in [0.05, 0.1) is 5.69 Å². The van der Waals surface area contributed by atoms with Gasteiger partial charge in [-0.2, -0.15) is 9.61 Å². The fraction of sp³-hybridized carbons (Fsp3) is 0.333. The van der Waals surface area contributed by atoms with Gasteiger partial charge in [0.25, 0.3) is 0 Å². The van der Waals surface area contributed by atoms with Crippen LogP contribution in [0, 0.1) is 5.82 Å². The zero-order chi connectivity index (χ0) is 16.4. The molecule has 0 atom stereocenters. The monoisotopic (exact) mass is 333 g/mol. The SMILES string of the molecule is CC(C)c1nnc2sc(CCC(=O)Nc3ccccc3F)nn12. The average molecular weight is 333 g/mol. The number of carbonyl (C=O) groups excluding carboxylic acids is 1. The topological polar surface area (TPSA) is 72.2 Å². The fourth-order valence-electron chi connectivity index (χ4n) is 2.13. The number of halogens is 1. The molecule has 0 aliphatic rings. The Morgan fingerprint density at radius 1 is 1.35 bits per heavy atom. The highest BCUT2D eigenvalue weighted by Crippen LogP contribution is 2.20. The predicted molar refractivity (Wildman–Crippen MR) is 86.1 cm³/mol. The number of fused-ring (bicyclic) bond motifs is 1. The van der Waals surface area contributed by atoms with E-state index >= 15 is 0 Å². The summed E-state index contributed by atoms with van der Waals surface area (Å²) in [5, 5.41) is 16.0. The smallest absolute Gasteiger partial charge is 0.234 e. The number of hydrogen-bond donors (Lipinski definition) is 1. The number of hydrogen-bond acceptors (Lipinski definition) is 5. The highest BCUT2D eigenvalue weighted by atomic mass is 32.1. The van der Waals surface area contributed by atoms with E-state index < -0.39 is 5.82 Å². The van der Waals surface area contributed by atoms with Gasteiger partial charge in [-0.1, -0.05) is 37.3 Å². The fourth-order valence-corrected chi connectivity index (χ4v) is 2.97. The van der Waals surface area contributed by atoms with Crippen molar-refractivity contribution in [3.63, 3.8) is 0 Å². The Morgan fingerprint density at radius 2 is 2.13 bits per heavy atom. The summed E-state index contributed by atoms with van der Waals surface area (Å²) in [4.78, 5) is 12.7. The van der Waals surface area contributed by atoms with E-state index in [1.54, 1.807) is 16.6 Å². The minimum absolute atomic E-state index is 0.192. The molecule has 0 aliphatic carbocycles. The van der Waals surface area contributed by atoms with Gasteiger partial charge in [-0.05, 0) is 12.1 Å². The predicted octanol–water partition coefficient (Wildman–Crippen LogP) is 3.02. The summed E-state index contributed by atoms with van der Waals surface area (Å²) in [5.74, 6) is 0.342. The zero-order valence-electron chi connectivity index (χ0n) is 12.8. The number of nitrogens with zero attached hydrogens (tertiary/aromatic N) is 4. The maximum atomic E-state index is 13.5. The van der Waals surface area contributed by atoms with Crippen molar-refractivity contribution in [2.45, 2.75) is 32.6 Å². The number of anilines is 1. The molecule has 0 saturated heterocycles. The molecule has 1 amide bonds. The van der Waals surface area contributed by atoms with Gasteiger partial charge in [0.1, 0.15) is 10.8 Å². The lowest BCUT2D eigenvalue weighted by atomic mass is 10.2. The van der Waals surface area contributed by atoms with E-state index in [0.29, 0.717) is 6.42 Å². The second-order valence-corrected chi connectivity index (χ2v) is 6.47. The number of nitrogens with one attached hydrogen (secondary N) is 1. The normalized spacial score (nSPS) is 11.3. The Kier molecular flexibility index (Phi) is 4.33. The van der Waals surface area contributed by atoms with E-state index in [1.807, 2.05) is 13.8 Å². The van der Waals surface area contributed by atoms with E-state index in [0.717, 1.165) is 15.8 Å². The molecule has 2 aromatic heterocycles. The van der Waals surface area contributed by atoms with Crippen molar-refractivity contribution < 1.29 is 9.18 Å². The van der Waals surface area contributed by atoms with Crippen molar-refractivity contribution in [2.75, 3.05) is 5.32 Å². The zero-order valence-corrected chi connectivity index (χ0v) is 13.6. The third-order valence-corrected chi connectivity index (χ3v) is 4.25. The van der Waals surface area contributed by atoms with Crippen LogP contribution in [-0.2, 0) is 11.2 Å². The van der Waals surface area contributed by atoms with Crippen LogP contribution in [0.4, 0.5) is 10.1 Å². The van der Waals surface area contributed by atoms with E-state index in [1.165, 1.54) is 23.5 Å². The molecular weight excluding hydrogens is 317 g/mol. The van der Waals surface area contributed by atoms with Crippen LogP contribution in [0.5, 0.6) is 0 Å². The standard InChI is InChI=1S/C15H16FN5OS/c1-9(2)14-18-19-15-21(14)20-13(23-15)8-7-12(22)17-11-6-4-3-5-10(11)16/h3-6,9H,7-8H2,1-2H3,(H,17,22). The van der Waals surface area contributed by atoms with Gasteiger partial charge in [0.15, 0.2) is 5.82 Å². The Bertz CT molecular complexity index is 841. The van der Waals surface area contributed by atoms with Crippen LogP contribution in [0.2, 0.25) is 0 Å². The van der Waals surface area contributed by atoms with Gasteiger partial charge < -0.3 is 5.32 Å². The van der Waals surface area contributed by atoms with Gasteiger partial charge in [0.2, 0.25) is 10.9 Å². The van der Waals surface area contributed by atoms with Crippen LogP contribution in [0.1, 0.15) is 37.0 Å². The van der Waals surface area contributed by atoms with Gasteiger partial charge in [0, 0.05) is 18.8 Å². The summed E-state index contributed by atoms with van der Waals surface area (Å²) in [5.41, 5.74) is 0.192. The summed E-state index contributed by atoms with van der Waals surface area (Å²) >= 11 is 1.41. The Morgan fingerprint density at radius 3 is 2.87 bits per heavy atom. The molecule has 8 heteroatoms. The van der Waals surface area contributed by atoms with Crippen molar-refractivity contribution in [3.8, 4) is 0 Å². The van der Waals surface area contributed by atoms with Crippen LogP contribution in [-0.4, -0.2) is 25.7 Å². The first kappa shape index (κ1) is 15.5. The van der Waals surface area contributed by atoms with Crippen LogP contribution >= 0.6 is 11.3 Å². The first-order valence-electron chi connectivity index (χ1n) is 7.30. The van der Waals surface area contributed by atoms with E-state index in [-0.39, 0.29) is 23.9 Å². The molecule has 23 heavy (non-hydrogen) atoms. The average Bonchev–Trinajstić information content (AvgIpc) is 3.07. The Balaban J connectivity index is 1.64.